The van der Waals surface area contributed by atoms with Crippen molar-refractivity contribution in [1.82, 2.24) is 9.97 Å². The number of aliphatic hydroxyl groups excluding tert-OH is 1. The zero-order chi connectivity index (χ0) is 24.9. The summed E-state index contributed by atoms with van der Waals surface area (Å²) in [6, 6.07) is 8.98. The smallest absolute Gasteiger partial charge is 0.345 e. The van der Waals surface area contributed by atoms with Crippen molar-refractivity contribution < 1.29 is 29.3 Å². The van der Waals surface area contributed by atoms with Gasteiger partial charge in [0, 0.05) is 35.6 Å². The Balaban J connectivity index is 1.74. The highest BCUT2D eigenvalue weighted by Crippen LogP contribution is 2.35. The minimum Gasteiger partial charge on any atom is -0.491 e. The summed E-state index contributed by atoms with van der Waals surface area (Å²) in [5.74, 6) is -1.53. The number of pyridine rings is 1. The van der Waals surface area contributed by atoms with Crippen molar-refractivity contribution in [2.24, 2.45) is 0 Å². The van der Waals surface area contributed by atoms with Crippen LogP contribution in [0.2, 0.25) is 0 Å². The summed E-state index contributed by atoms with van der Waals surface area (Å²) in [6.45, 7) is 4.42. The first-order valence-electron chi connectivity index (χ1n) is 11.4. The summed E-state index contributed by atoms with van der Waals surface area (Å²) in [4.78, 5) is 34.3. The van der Waals surface area contributed by atoms with E-state index < -0.39 is 17.3 Å². The number of aliphatic carboxylic acids is 1. The number of aromatic nitrogens is 2. The highest BCUT2D eigenvalue weighted by molar-refractivity contribution is 6.26. The van der Waals surface area contributed by atoms with Gasteiger partial charge in [0.1, 0.15) is 18.0 Å². The summed E-state index contributed by atoms with van der Waals surface area (Å²) < 4.78 is 11.5. The molecule has 1 aromatic carbocycles. The number of carbonyl (C=O) groups excluding carboxylic acids is 1. The number of hydrogen-bond acceptors (Lipinski definition) is 7. The average molecular weight is 478 g/mol. The number of carbonyl (C=O) groups is 2. The molecule has 2 aromatic heterocycles. The third-order valence-corrected chi connectivity index (χ3v) is 5.65. The monoisotopic (exact) mass is 477 g/mol. The van der Waals surface area contributed by atoms with Crippen molar-refractivity contribution in [3.05, 3.63) is 71.1 Å². The molecule has 0 unspecified atom stereocenters. The third kappa shape index (κ3) is 4.90. The van der Waals surface area contributed by atoms with Gasteiger partial charge in [0.15, 0.2) is 11.3 Å². The Morgan fingerprint density at radius 1 is 1.31 bits per heavy atom. The number of aliphatic hydroxyl groups is 1. The predicted molar refractivity (Wildman–Crippen MR) is 131 cm³/mol. The van der Waals surface area contributed by atoms with Crippen molar-refractivity contribution >= 4 is 34.5 Å². The van der Waals surface area contributed by atoms with E-state index in [1.54, 1.807) is 41.6 Å². The first-order valence-corrected chi connectivity index (χ1v) is 11.4. The topological polar surface area (TPSA) is 125 Å². The zero-order valence-electron chi connectivity index (χ0n) is 19.6. The molecule has 0 amide bonds. The van der Waals surface area contributed by atoms with E-state index in [0.29, 0.717) is 29.2 Å². The van der Waals surface area contributed by atoms with Crippen molar-refractivity contribution in [1.29, 1.82) is 0 Å². The highest BCUT2D eigenvalue weighted by atomic mass is 16.5. The molecule has 9 heteroatoms. The summed E-state index contributed by atoms with van der Waals surface area (Å²) in [7, 11) is 0. The molecule has 4 rings (SSSR count). The van der Waals surface area contributed by atoms with Gasteiger partial charge in [-0.05, 0) is 55.3 Å². The number of benzene rings is 1. The van der Waals surface area contributed by atoms with Gasteiger partial charge < -0.3 is 29.6 Å². The normalized spacial score (nSPS) is 14.6. The lowest BCUT2D eigenvalue weighted by Gasteiger charge is -2.27. The number of aryl methyl sites for hydroxylation is 1. The quantitative estimate of drug-likeness (QED) is 0.298. The van der Waals surface area contributed by atoms with Crippen LogP contribution in [-0.2, 0) is 14.3 Å². The minimum atomic E-state index is -1.35. The second kappa shape index (κ2) is 10.4. The van der Waals surface area contributed by atoms with Gasteiger partial charge in [-0.2, -0.15) is 0 Å². The minimum absolute atomic E-state index is 0.00714. The number of aromatic amines is 1. The van der Waals surface area contributed by atoms with Crippen LogP contribution in [0, 0.1) is 6.92 Å². The van der Waals surface area contributed by atoms with E-state index in [-0.39, 0.29) is 24.9 Å². The fourth-order valence-electron chi connectivity index (χ4n) is 3.97. The van der Waals surface area contributed by atoms with Crippen LogP contribution in [0.25, 0.3) is 17.1 Å². The molecular formula is C26H27N3O6. The number of fused-ring (bicyclic) bond motifs is 1. The number of Topliss-reactive ketones (excluding diaryl/α,β-unsaturated/α-hetero) is 1. The van der Waals surface area contributed by atoms with Gasteiger partial charge in [-0.1, -0.05) is 13.3 Å². The first-order chi connectivity index (χ1) is 16.9. The predicted octanol–water partition coefficient (Wildman–Crippen LogP) is 3.79. The number of ether oxygens (including phenoxy) is 2. The molecule has 3 heterocycles. The number of nitrogens with one attached hydrogen (secondary N) is 1. The Kier molecular flexibility index (Phi) is 7.17. The molecule has 0 saturated heterocycles. The van der Waals surface area contributed by atoms with E-state index in [1.165, 1.54) is 6.08 Å². The van der Waals surface area contributed by atoms with Gasteiger partial charge >= 0.3 is 5.97 Å². The molecule has 35 heavy (non-hydrogen) atoms. The van der Waals surface area contributed by atoms with Crippen LogP contribution >= 0.6 is 0 Å². The van der Waals surface area contributed by atoms with E-state index in [0.717, 1.165) is 23.8 Å². The molecule has 0 atom stereocenters. The molecule has 182 valence electrons. The summed E-state index contributed by atoms with van der Waals surface area (Å²) in [5, 5.41) is 19.7. The number of ketones is 1. The first kappa shape index (κ1) is 24.0. The average Bonchev–Trinajstić information content (AvgIpc) is 3.40. The Bertz CT molecular complexity index is 1320. The molecular weight excluding hydrogens is 450 g/mol. The van der Waals surface area contributed by atoms with E-state index in [1.807, 2.05) is 19.9 Å². The lowest BCUT2D eigenvalue weighted by Crippen LogP contribution is -2.27. The summed E-state index contributed by atoms with van der Waals surface area (Å²) >= 11 is 0. The molecule has 0 aliphatic carbocycles. The molecule has 9 nitrogen and oxygen atoms in total. The molecule has 3 N–H and O–H groups in total. The number of unbranched alkanes of at least 4 members (excludes halogenated alkanes) is 1. The molecule has 0 fully saturated rings. The number of nitrogens with zero attached hydrogens (tertiary/aromatic N) is 2. The molecule has 3 aromatic rings. The maximum Gasteiger partial charge on any atom is 0.345 e. The third-order valence-electron chi connectivity index (χ3n) is 5.65. The van der Waals surface area contributed by atoms with Crippen molar-refractivity contribution in [2.45, 2.75) is 26.7 Å². The number of carboxylic acid groups (broad SMARTS) is 1. The van der Waals surface area contributed by atoms with E-state index in [9.17, 15) is 14.7 Å². The van der Waals surface area contributed by atoms with E-state index >= 15 is 0 Å². The van der Waals surface area contributed by atoms with Crippen LogP contribution in [0.1, 0.15) is 30.9 Å². The van der Waals surface area contributed by atoms with Gasteiger partial charge in [0.05, 0.1) is 6.61 Å². The molecule has 1 aliphatic rings. The maximum atomic E-state index is 13.2. The fraction of sp³-hybridized carbons (Fsp3) is 0.269. The number of carboxylic acids is 1. The summed E-state index contributed by atoms with van der Waals surface area (Å²) in [6.07, 6.45) is 6.51. The largest absolute Gasteiger partial charge is 0.491 e. The van der Waals surface area contributed by atoms with Crippen LogP contribution in [0.4, 0.5) is 5.69 Å². The standard InChI is InChI=1S/C26H27N3O6/c1-3-4-10-29(20-8-7-18(13-16(20)2)34-12-11-30)25-22(26(32)33)23(31)21(35-25)14-17-15-28-24-19(17)6-5-9-27-24/h5-9,13-15,30H,3-4,10-12H2,1-2H3,(H,27,28)(H,32,33). The van der Waals surface area contributed by atoms with Crippen LogP contribution in [0.15, 0.2) is 59.9 Å². The lowest BCUT2D eigenvalue weighted by atomic mass is 10.1. The number of rotatable bonds is 10. The highest BCUT2D eigenvalue weighted by Gasteiger charge is 2.39. The molecule has 1 aliphatic heterocycles. The van der Waals surface area contributed by atoms with Crippen molar-refractivity contribution in [3.8, 4) is 5.75 Å². The van der Waals surface area contributed by atoms with Gasteiger partial charge in [-0.25, -0.2) is 9.78 Å². The molecule has 0 spiro atoms. The van der Waals surface area contributed by atoms with E-state index in [4.69, 9.17) is 14.6 Å². The number of H-pyrrole nitrogens is 1. The Morgan fingerprint density at radius 3 is 2.86 bits per heavy atom. The molecule has 0 radical (unpaired) electrons. The Labute approximate surface area is 202 Å². The fourth-order valence-corrected chi connectivity index (χ4v) is 3.97. The summed E-state index contributed by atoms with van der Waals surface area (Å²) in [5.41, 5.74) is 2.42. The maximum absolute atomic E-state index is 13.2. The van der Waals surface area contributed by atoms with Gasteiger partial charge in [0.2, 0.25) is 11.7 Å². The number of allylic oxidation sites excluding steroid dienone is 1. The van der Waals surface area contributed by atoms with Crippen molar-refractivity contribution in [2.75, 3.05) is 24.7 Å². The molecule has 0 saturated carbocycles. The van der Waals surface area contributed by atoms with Crippen LogP contribution < -0.4 is 9.64 Å². The van der Waals surface area contributed by atoms with E-state index in [2.05, 4.69) is 9.97 Å². The SMILES string of the molecule is CCCCN(C1=C(C(=O)O)C(=O)C(=Cc2c[nH]c3ncccc23)O1)c1ccc(OCCO)cc1C. The Morgan fingerprint density at radius 2 is 2.14 bits per heavy atom. The lowest BCUT2D eigenvalue weighted by molar-refractivity contribution is -0.134. The second-order valence-electron chi connectivity index (χ2n) is 8.09. The number of hydrogen-bond donors (Lipinski definition) is 3. The van der Waals surface area contributed by atoms with Gasteiger partial charge in [-0.3, -0.25) is 4.79 Å². The molecule has 0 bridgehead atoms. The van der Waals surface area contributed by atoms with Crippen molar-refractivity contribution in [3.63, 3.8) is 0 Å². The van der Waals surface area contributed by atoms with Gasteiger partial charge in [0.25, 0.3) is 0 Å². The number of anilines is 1. The second-order valence-corrected chi connectivity index (χ2v) is 8.09. The Hall–Kier alpha value is -4.11. The van der Waals surface area contributed by atoms with Crippen LogP contribution in [0.3, 0.4) is 0 Å². The zero-order valence-corrected chi connectivity index (χ0v) is 19.6. The van der Waals surface area contributed by atoms with Crippen LogP contribution in [0.5, 0.6) is 5.75 Å². The van der Waals surface area contributed by atoms with Crippen LogP contribution in [-0.4, -0.2) is 51.7 Å². The van der Waals surface area contributed by atoms with Gasteiger partial charge in [-0.15, -0.1) is 0 Å².